The van der Waals surface area contributed by atoms with Crippen LogP contribution >= 0.6 is 10.0 Å². The third-order valence-electron chi connectivity index (χ3n) is 0.556. The van der Waals surface area contributed by atoms with Crippen LogP contribution in [-0.4, -0.2) is 35.6 Å². The Balaban J connectivity index is -0.000000245. The van der Waals surface area contributed by atoms with Crippen LogP contribution in [0.15, 0.2) is 0 Å². The molecular formula is C5H13NaO2S. The van der Waals surface area contributed by atoms with Crippen molar-refractivity contribution in [2.45, 2.75) is 0 Å². The Hall–Kier alpha value is 0.820. The Morgan fingerprint density at radius 1 is 1.56 bits per heavy atom. The van der Waals surface area contributed by atoms with Crippen LogP contribution in [0.5, 0.6) is 0 Å². The van der Waals surface area contributed by atoms with Gasteiger partial charge in [0.2, 0.25) is 0 Å². The Bertz CT molecular complexity index is 102. The fourth-order valence-corrected chi connectivity index (χ4v) is 1.11. The van der Waals surface area contributed by atoms with Gasteiger partial charge in [-0.1, -0.05) is 0 Å². The third kappa shape index (κ3) is 12.1. The minimum atomic E-state index is -0.823. The summed E-state index contributed by atoms with van der Waals surface area (Å²) >= 11 is 0. The summed E-state index contributed by atoms with van der Waals surface area (Å²) in [6.07, 6.45) is 5.96. The van der Waals surface area contributed by atoms with Crippen molar-refractivity contribution in [3.05, 3.63) is 0 Å². The molecule has 52 valence electrons. The van der Waals surface area contributed by atoms with Crippen LogP contribution < -0.4 is 29.6 Å². The van der Waals surface area contributed by atoms with E-state index in [0.717, 1.165) is 0 Å². The van der Waals surface area contributed by atoms with Crippen LogP contribution in [0.25, 0.3) is 0 Å². The zero-order valence-corrected chi connectivity index (χ0v) is 9.29. The van der Waals surface area contributed by atoms with Crippen LogP contribution in [0.2, 0.25) is 0 Å². The smallest absolute Gasteiger partial charge is 1.00 e. The topological polar surface area (TPSA) is 37.3 Å². The summed E-state index contributed by atoms with van der Waals surface area (Å²) in [5, 5.41) is 8.27. The van der Waals surface area contributed by atoms with E-state index in [0.29, 0.717) is 5.75 Å². The minimum Gasteiger partial charge on any atom is -1.00 e. The summed E-state index contributed by atoms with van der Waals surface area (Å²) in [6, 6.07) is 0. The molecule has 0 amide bonds. The molecule has 0 fully saturated rings. The van der Waals surface area contributed by atoms with E-state index in [4.69, 9.17) is 5.11 Å². The molecule has 0 unspecified atom stereocenters. The summed E-state index contributed by atoms with van der Waals surface area (Å²) in [7, 11) is -0.823. The Kier molecular flexibility index (Phi) is 6.39. The first kappa shape index (κ1) is 12.5. The van der Waals surface area contributed by atoms with E-state index in [9.17, 15) is 4.79 Å². The molecule has 2 nitrogen and oxygen atoms in total. The van der Waals surface area contributed by atoms with Gasteiger partial charge >= 0.3 is 35.5 Å². The van der Waals surface area contributed by atoms with Crippen LogP contribution in [0, 0.1) is 0 Å². The molecule has 0 spiro atoms. The van der Waals surface area contributed by atoms with Crippen LogP contribution in [0.3, 0.4) is 0 Å². The van der Waals surface area contributed by atoms with Gasteiger partial charge in [-0.25, -0.2) is 10.0 Å². The molecule has 0 saturated carbocycles. The van der Waals surface area contributed by atoms with E-state index in [-0.39, 0.29) is 31.0 Å². The second kappa shape index (κ2) is 4.61. The number of carboxylic acids is 1. The SMILES string of the molecule is CS(C)(C)CC(=O)O.[H-].[Na+]. The number of carboxylic acid groups (broad SMARTS) is 1. The van der Waals surface area contributed by atoms with Crippen molar-refractivity contribution in [2.75, 3.05) is 24.5 Å². The van der Waals surface area contributed by atoms with Crippen LogP contribution in [-0.2, 0) is 4.79 Å². The largest absolute Gasteiger partial charge is 1.00 e. The quantitative estimate of drug-likeness (QED) is 0.469. The first-order valence-electron chi connectivity index (χ1n) is 2.29. The molecule has 0 saturated heterocycles. The Morgan fingerprint density at radius 3 is 1.89 bits per heavy atom. The third-order valence-corrected chi connectivity index (χ3v) is 1.67. The maximum Gasteiger partial charge on any atom is 1.00 e. The number of aliphatic carboxylic acids is 1. The van der Waals surface area contributed by atoms with Gasteiger partial charge in [-0.15, -0.1) is 0 Å². The van der Waals surface area contributed by atoms with E-state index in [1.807, 2.05) is 18.8 Å². The molecule has 0 aliphatic carbocycles. The minimum absolute atomic E-state index is 0. The van der Waals surface area contributed by atoms with Crippen molar-refractivity contribution in [3.8, 4) is 0 Å². The fraction of sp³-hybridized carbons (Fsp3) is 0.800. The molecule has 1 N–H and O–H groups in total. The Morgan fingerprint density at radius 2 is 1.89 bits per heavy atom. The van der Waals surface area contributed by atoms with Gasteiger partial charge < -0.3 is 6.53 Å². The number of rotatable bonds is 2. The second-order valence-corrected chi connectivity index (χ2v) is 7.10. The van der Waals surface area contributed by atoms with E-state index in [1.54, 1.807) is 0 Å². The maximum absolute atomic E-state index is 10.0. The van der Waals surface area contributed by atoms with Gasteiger partial charge in [0, 0.05) is 0 Å². The number of hydrogen-bond acceptors (Lipinski definition) is 1. The van der Waals surface area contributed by atoms with Gasteiger partial charge in [0.1, 0.15) is 0 Å². The van der Waals surface area contributed by atoms with Crippen LogP contribution in [0.1, 0.15) is 1.43 Å². The van der Waals surface area contributed by atoms with Crippen molar-refractivity contribution in [1.29, 1.82) is 0 Å². The first-order chi connectivity index (χ1) is 3.42. The summed E-state index contributed by atoms with van der Waals surface area (Å²) < 4.78 is 0. The molecule has 0 radical (unpaired) electrons. The monoisotopic (exact) mass is 160 g/mol. The first-order valence-corrected chi connectivity index (χ1v) is 5.32. The van der Waals surface area contributed by atoms with Crippen molar-refractivity contribution in [1.82, 2.24) is 0 Å². The average molecular weight is 160 g/mol. The van der Waals surface area contributed by atoms with Gasteiger partial charge in [-0.05, 0) is 18.8 Å². The van der Waals surface area contributed by atoms with Crippen molar-refractivity contribution >= 4 is 16.0 Å². The molecule has 0 rings (SSSR count). The summed E-state index contributed by atoms with van der Waals surface area (Å²) in [4.78, 5) is 10.0. The molecule has 0 bridgehead atoms. The van der Waals surface area contributed by atoms with Gasteiger partial charge in [-0.3, -0.25) is 4.79 Å². The molecule has 9 heavy (non-hydrogen) atoms. The standard InChI is InChI=1S/C5H12O2S.Na.H/c1-8(2,3)4-5(6)7;;/h4H2,1-3H3,(H,6,7);;/q;+1;-1. The molecule has 0 aliphatic rings. The summed E-state index contributed by atoms with van der Waals surface area (Å²) in [5.41, 5.74) is 0. The Labute approximate surface area is 81.1 Å². The van der Waals surface area contributed by atoms with Crippen molar-refractivity contribution in [2.24, 2.45) is 0 Å². The summed E-state index contributed by atoms with van der Waals surface area (Å²) in [6.45, 7) is 0. The van der Waals surface area contributed by atoms with Gasteiger partial charge in [0.15, 0.2) is 0 Å². The normalized spacial score (nSPS) is 11.9. The zero-order chi connectivity index (χ0) is 6.78. The van der Waals surface area contributed by atoms with Crippen molar-refractivity contribution < 1.29 is 40.9 Å². The molecule has 0 aromatic heterocycles. The molecule has 0 atom stereocenters. The maximum atomic E-state index is 10.0. The molecule has 0 aromatic rings. The number of hydrogen-bond donors (Lipinski definition) is 1. The second-order valence-electron chi connectivity index (χ2n) is 2.63. The van der Waals surface area contributed by atoms with Gasteiger partial charge in [0.25, 0.3) is 0 Å². The fourth-order valence-electron chi connectivity index (χ4n) is 0.370. The van der Waals surface area contributed by atoms with E-state index < -0.39 is 16.0 Å². The summed E-state index contributed by atoms with van der Waals surface area (Å²) in [5.74, 6) is -0.361. The predicted octanol–water partition coefficient (Wildman–Crippen LogP) is -2.12. The molecule has 0 aromatic carbocycles. The van der Waals surface area contributed by atoms with E-state index in [2.05, 4.69) is 0 Å². The van der Waals surface area contributed by atoms with Crippen molar-refractivity contribution in [3.63, 3.8) is 0 Å². The number of carbonyl (C=O) groups is 1. The molecular weight excluding hydrogens is 147 g/mol. The average Bonchev–Trinajstić information content (AvgIpc) is 1.21. The molecule has 4 heteroatoms. The zero-order valence-electron chi connectivity index (χ0n) is 7.47. The van der Waals surface area contributed by atoms with Gasteiger partial charge in [0.05, 0.1) is 5.75 Å². The van der Waals surface area contributed by atoms with E-state index in [1.165, 1.54) is 0 Å². The van der Waals surface area contributed by atoms with Gasteiger partial charge in [-0.2, -0.15) is 0 Å². The molecule has 0 aliphatic heterocycles. The molecule has 0 heterocycles. The van der Waals surface area contributed by atoms with Crippen LogP contribution in [0.4, 0.5) is 0 Å². The predicted molar refractivity (Wildman–Crippen MR) is 39.0 cm³/mol. The van der Waals surface area contributed by atoms with E-state index >= 15 is 0 Å².